The van der Waals surface area contributed by atoms with Crippen molar-refractivity contribution in [1.82, 2.24) is 14.5 Å². The maximum atomic E-state index is 11.7. The number of nitrogens with zero attached hydrogens (tertiary/aromatic N) is 2. The zero-order chi connectivity index (χ0) is 15.1. The van der Waals surface area contributed by atoms with E-state index in [1.807, 2.05) is 12.3 Å². The van der Waals surface area contributed by atoms with E-state index in [0.29, 0.717) is 12.6 Å². The molecule has 2 aromatic heterocycles. The second-order valence-electron chi connectivity index (χ2n) is 5.33. The molecule has 2 heterocycles. The van der Waals surface area contributed by atoms with E-state index in [9.17, 15) is 4.79 Å². The predicted octanol–water partition coefficient (Wildman–Crippen LogP) is 2.80. The molecule has 0 aromatic carbocycles. The summed E-state index contributed by atoms with van der Waals surface area (Å²) in [5, 5.41) is 3.56. The number of aromatic nitrogens is 2. The van der Waals surface area contributed by atoms with E-state index in [1.54, 1.807) is 16.7 Å². The summed E-state index contributed by atoms with van der Waals surface area (Å²) in [4.78, 5) is 11.7. The van der Waals surface area contributed by atoms with Gasteiger partial charge >= 0.3 is 0 Å². The third kappa shape index (κ3) is 4.33. The van der Waals surface area contributed by atoms with Gasteiger partial charge in [0.25, 0.3) is 5.56 Å². The van der Waals surface area contributed by atoms with Crippen LogP contribution in [0.2, 0.25) is 0 Å². The van der Waals surface area contributed by atoms with Gasteiger partial charge in [0.15, 0.2) is 0 Å². The largest absolute Gasteiger partial charge is 0.352 e. The molecule has 0 aliphatic rings. The molecule has 0 amide bonds. The molecule has 21 heavy (non-hydrogen) atoms. The van der Waals surface area contributed by atoms with Crippen LogP contribution in [0.3, 0.4) is 0 Å². The molecule has 2 rings (SSSR count). The lowest BCUT2D eigenvalue weighted by atomic mass is 10.1. The summed E-state index contributed by atoms with van der Waals surface area (Å²) in [7, 11) is 0. The number of aryl methyl sites for hydroxylation is 2. The molecule has 0 aliphatic heterocycles. The molecule has 4 nitrogen and oxygen atoms in total. The van der Waals surface area contributed by atoms with Crippen LogP contribution in [0.15, 0.2) is 47.7 Å². The molecular weight excluding hydrogens is 262 g/mol. The first kappa shape index (κ1) is 15.6. The monoisotopic (exact) mass is 287 g/mol. The van der Waals surface area contributed by atoms with Crippen LogP contribution in [0.25, 0.3) is 0 Å². The first-order valence-electron chi connectivity index (χ1n) is 7.79. The normalized spacial score (nSPS) is 12.5. The molecule has 114 valence electrons. The molecule has 0 radical (unpaired) electrons. The standard InChI is InChI=1S/C17H25N3O/c1-3-9-18-16(4-2)15-8-11-19(14-15)12-13-20-10-6-5-7-17(20)21/h5-8,10-11,14,16,18H,3-4,9,12-13H2,1-2H3. The fraction of sp³-hybridized carbons (Fsp3) is 0.471. The van der Waals surface area contributed by atoms with Gasteiger partial charge in [-0.05, 0) is 37.1 Å². The minimum atomic E-state index is 0.0564. The van der Waals surface area contributed by atoms with E-state index in [2.05, 4.69) is 42.2 Å². The molecule has 0 spiro atoms. The average Bonchev–Trinajstić information content (AvgIpc) is 2.96. The van der Waals surface area contributed by atoms with Crippen molar-refractivity contribution in [2.75, 3.05) is 6.54 Å². The fourth-order valence-electron chi connectivity index (χ4n) is 2.49. The number of hydrogen-bond donors (Lipinski definition) is 1. The Balaban J connectivity index is 1.96. The Bertz CT molecular complexity index is 600. The second-order valence-corrected chi connectivity index (χ2v) is 5.33. The highest BCUT2D eigenvalue weighted by molar-refractivity contribution is 5.15. The molecule has 0 saturated carbocycles. The van der Waals surface area contributed by atoms with Gasteiger partial charge in [-0.1, -0.05) is 19.9 Å². The lowest BCUT2D eigenvalue weighted by Crippen LogP contribution is -2.21. The maximum absolute atomic E-state index is 11.7. The van der Waals surface area contributed by atoms with Crippen LogP contribution in [0.5, 0.6) is 0 Å². The Morgan fingerprint density at radius 1 is 1.14 bits per heavy atom. The van der Waals surface area contributed by atoms with E-state index >= 15 is 0 Å². The number of nitrogens with one attached hydrogen (secondary N) is 1. The lowest BCUT2D eigenvalue weighted by molar-refractivity contribution is 0.514. The van der Waals surface area contributed by atoms with Gasteiger partial charge < -0.3 is 14.5 Å². The minimum absolute atomic E-state index is 0.0564. The van der Waals surface area contributed by atoms with Crippen LogP contribution in [-0.4, -0.2) is 15.7 Å². The van der Waals surface area contributed by atoms with Crippen LogP contribution >= 0.6 is 0 Å². The van der Waals surface area contributed by atoms with Crippen LogP contribution < -0.4 is 10.9 Å². The van der Waals surface area contributed by atoms with Crippen LogP contribution in [0, 0.1) is 0 Å². The number of pyridine rings is 1. The number of rotatable bonds is 8. The summed E-state index contributed by atoms with van der Waals surface area (Å²) in [6.45, 7) is 6.95. The van der Waals surface area contributed by atoms with Crippen LogP contribution in [-0.2, 0) is 13.1 Å². The Kier molecular flexibility index (Phi) is 5.81. The van der Waals surface area contributed by atoms with Gasteiger partial charge in [-0.3, -0.25) is 4.79 Å². The van der Waals surface area contributed by atoms with Crippen molar-refractivity contribution in [3.63, 3.8) is 0 Å². The summed E-state index contributed by atoms with van der Waals surface area (Å²) in [6, 6.07) is 7.86. The van der Waals surface area contributed by atoms with E-state index in [0.717, 1.165) is 25.9 Å². The molecule has 0 saturated heterocycles. The van der Waals surface area contributed by atoms with E-state index in [1.165, 1.54) is 5.56 Å². The zero-order valence-corrected chi connectivity index (χ0v) is 13.0. The quantitative estimate of drug-likeness (QED) is 0.811. The number of hydrogen-bond acceptors (Lipinski definition) is 2. The van der Waals surface area contributed by atoms with Crippen molar-refractivity contribution >= 4 is 0 Å². The van der Waals surface area contributed by atoms with Crippen molar-refractivity contribution < 1.29 is 0 Å². The molecule has 0 bridgehead atoms. The Morgan fingerprint density at radius 3 is 2.71 bits per heavy atom. The zero-order valence-electron chi connectivity index (χ0n) is 13.0. The average molecular weight is 287 g/mol. The summed E-state index contributed by atoms with van der Waals surface area (Å²) in [5.74, 6) is 0. The van der Waals surface area contributed by atoms with E-state index in [-0.39, 0.29) is 5.56 Å². The third-order valence-corrected chi connectivity index (χ3v) is 3.72. The molecular formula is C17H25N3O. The summed E-state index contributed by atoms with van der Waals surface area (Å²) < 4.78 is 3.90. The lowest BCUT2D eigenvalue weighted by Gasteiger charge is -2.15. The molecule has 4 heteroatoms. The Hall–Kier alpha value is -1.81. The van der Waals surface area contributed by atoms with Gasteiger partial charge in [-0.25, -0.2) is 0 Å². The van der Waals surface area contributed by atoms with E-state index in [4.69, 9.17) is 0 Å². The van der Waals surface area contributed by atoms with E-state index < -0.39 is 0 Å². The van der Waals surface area contributed by atoms with Crippen molar-refractivity contribution in [1.29, 1.82) is 0 Å². The van der Waals surface area contributed by atoms with Crippen molar-refractivity contribution in [2.24, 2.45) is 0 Å². The Morgan fingerprint density at radius 2 is 2.00 bits per heavy atom. The molecule has 1 N–H and O–H groups in total. The molecule has 0 fully saturated rings. The molecule has 1 atom stereocenters. The first-order valence-corrected chi connectivity index (χ1v) is 7.79. The third-order valence-electron chi connectivity index (χ3n) is 3.72. The summed E-state index contributed by atoms with van der Waals surface area (Å²) in [5.41, 5.74) is 1.38. The van der Waals surface area contributed by atoms with Gasteiger partial charge in [0, 0.05) is 43.8 Å². The fourth-order valence-corrected chi connectivity index (χ4v) is 2.49. The highest BCUT2D eigenvalue weighted by Gasteiger charge is 2.09. The maximum Gasteiger partial charge on any atom is 0.250 e. The SMILES string of the molecule is CCCNC(CC)c1ccn(CCn2ccccc2=O)c1. The molecule has 2 aromatic rings. The second kappa shape index (κ2) is 7.84. The summed E-state index contributed by atoms with van der Waals surface area (Å²) >= 11 is 0. The smallest absolute Gasteiger partial charge is 0.250 e. The first-order chi connectivity index (χ1) is 10.2. The van der Waals surface area contributed by atoms with Crippen molar-refractivity contribution in [2.45, 2.75) is 45.8 Å². The predicted molar refractivity (Wildman–Crippen MR) is 86.5 cm³/mol. The van der Waals surface area contributed by atoms with Gasteiger partial charge in [0.05, 0.1) is 0 Å². The summed E-state index contributed by atoms with van der Waals surface area (Å²) in [6.07, 6.45) is 8.35. The molecule has 0 aliphatic carbocycles. The van der Waals surface area contributed by atoms with Crippen LogP contribution in [0.1, 0.15) is 38.3 Å². The Labute approximate surface area is 126 Å². The van der Waals surface area contributed by atoms with Gasteiger partial charge in [-0.2, -0.15) is 0 Å². The topological polar surface area (TPSA) is 39.0 Å². The molecule has 1 unspecified atom stereocenters. The minimum Gasteiger partial charge on any atom is -0.352 e. The van der Waals surface area contributed by atoms with Gasteiger partial charge in [-0.15, -0.1) is 0 Å². The van der Waals surface area contributed by atoms with Gasteiger partial charge in [0.2, 0.25) is 0 Å². The highest BCUT2D eigenvalue weighted by atomic mass is 16.1. The van der Waals surface area contributed by atoms with Gasteiger partial charge in [0.1, 0.15) is 0 Å². The van der Waals surface area contributed by atoms with Crippen LogP contribution in [0.4, 0.5) is 0 Å². The highest BCUT2D eigenvalue weighted by Crippen LogP contribution is 2.16. The van der Waals surface area contributed by atoms with Crippen molar-refractivity contribution in [3.8, 4) is 0 Å². The van der Waals surface area contributed by atoms with Crippen molar-refractivity contribution in [3.05, 3.63) is 58.8 Å².